The van der Waals surface area contributed by atoms with Crippen LogP contribution in [0.1, 0.15) is 28.0 Å². The normalized spacial score (nSPS) is 14.0. The average molecular weight is 260 g/mol. The summed E-state index contributed by atoms with van der Waals surface area (Å²) in [6.07, 6.45) is 1.54. The van der Waals surface area contributed by atoms with Crippen LogP contribution >= 0.6 is 0 Å². The number of nitrogens with zero attached hydrogens (tertiary/aromatic N) is 1. The highest BCUT2D eigenvalue weighted by atomic mass is 32.2. The van der Waals surface area contributed by atoms with Gasteiger partial charge in [-0.25, -0.2) is 4.79 Å². The van der Waals surface area contributed by atoms with Crippen LogP contribution in [0.2, 0.25) is 0 Å². The lowest BCUT2D eigenvalue weighted by atomic mass is 10.3. The van der Waals surface area contributed by atoms with Crippen LogP contribution in [0, 0.1) is 0 Å². The summed E-state index contributed by atoms with van der Waals surface area (Å²) in [4.78, 5) is 22.0. The fourth-order valence-electron chi connectivity index (χ4n) is 0.927. The van der Waals surface area contributed by atoms with Crippen molar-refractivity contribution in [3.05, 3.63) is 17.5 Å². The summed E-state index contributed by atoms with van der Waals surface area (Å²) in [5.74, 6) is -2.25. The number of amides is 1. The molecule has 0 aliphatic rings. The standard InChI is InChI=1S/C9H12N2O5S/c1-5(17(2)15)4-10-8(12)6-3-7(9(13)14)16-11-6/h3,5H,4H2,1-2H3,(H,10,12)(H,13,14). The average Bonchev–Trinajstić information content (AvgIpc) is 2.74. The fourth-order valence-corrected chi connectivity index (χ4v) is 1.25. The highest BCUT2D eigenvalue weighted by Gasteiger charge is 2.17. The third kappa shape index (κ3) is 3.66. The first-order valence-electron chi connectivity index (χ1n) is 4.72. The van der Waals surface area contributed by atoms with Gasteiger partial charge in [-0.1, -0.05) is 5.16 Å². The smallest absolute Gasteiger partial charge is 0.374 e. The van der Waals surface area contributed by atoms with Crippen molar-refractivity contribution in [1.29, 1.82) is 0 Å². The van der Waals surface area contributed by atoms with Crippen LogP contribution in [-0.4, -0.2) is 44.4 Å². The molecule has 94 valence electrons. The predicted octanol–water partition coefficient (Wildman–Crippen LogP) is -0.130. The van der Waals surface area contributed by atoms with Crippen LogP contribution in [0.4, 0.5) is 0 Å². The number of carbonyl (C=O) groups excluding carboxylic acids is 1. The summed E-state index contributed by atoms with van der Waals surface area (Å²) in [5, 5.41) is 14.2. The van der Waals surface area contributed by atoms with Crippen molar-refractivity contribution in [2.45, 2.75) is 12.2 Å². The number of carbonyl (C=O) groups is 2. The molecule has 0 radical (unpaired) electrons. The summed E-state index contributed by atoms with van der Waals surface area (Å²) in [5.41, 5.74) is -0.114. The monoisotopic (exact) mass is 260 g/mol. The molecule has 17 heavy (non-hydrogen) atoms. The number of hydrogen-bond acceptors (Lipinski definition) is 5. The molecule has 0 spiro atoms. The molecule has 0 bridgehead atoms. The number of aromatic nitrogens is 1. The van der Waals surface area contributed by atoms with Gasteiger partial charge >= 0.3 is 5.97 Å². The van der Waals surface area contributed by atoms with Gasteiger partial charge in [-0.05, 0) is 6.92 Å². The van der Waals surface area contributed by atoms with Gasteiger partial charge < -0.3 is 14.9 Å². The minimum absolute atomic E-state index is 0.114. The van der Waals surface area contributed by atoms with Crippen LogP contribution < -0.4 is 5.32 Å². The van der Waals surface area contributed by atoms with Gasteiger partial charge in [0.2, 0.25) is 5.76 Å². The Morgan fingerprint density at radius 3 is 2.76 bits per heavy atom. The first-order chi connectivity index (χ1) is 7.91. The van der Waals surface area contributed by atoms with Crippen molar-refractivity contribution < 1.29 is 23.4 Å². The van der Waals surface area contributed by atoms with E-state index in [1.807, 2.05) is 0 Å². The van der Waals surface area contributed by atoms with Gasteiger partial charge in [0.05, 0.1) is 0 Å². The Kier molecular flexibility index (Phi) is 4.38. The van der Waals surface area contributed by atoms with E-state index < -0.39 is 28.4 Å². The molecule has 0 fully saturated rings. The Morgan fingerprint density at radius 1 is 1.65 bits per heavy atom. The van der Waals surface area contributed by atoms with Crippen molar-refractivity contribution in [2.24, 2.45) is 0 Å². The molecule has 2 N–H and O–H groups in total. The molecule has 8 heteroatoms. The molecule has 1 heterocycles. The summed E-state index contributed by atoms with van der Waals surface area (Å²) >= 11 is 0. The Hall–Kier alpha value is -1.70. The first-order valence-corrected chi connectivity index (χ1v) is 6.34. The Balaban J connectivity index is 2.58. The number of carboxylic acid groups (broad SMARTS) is 1. The van der Waals surface area contributed by atoms with Crippen molar-refractivity contribution in [2.75, 3.05) is 12.8 Å². The van der Waals surface area contributed by atoms with Crippen molar-refractivity contribution in [1.82, 2.24) is 10.5 Å². The molecule has 0 saturated carbocycles. The molecule has 0 saturated heterocycles. The van der Waals surface area contributed by atoms with E-state index in [9.17, 15) is 13.8 Å². The minimum atomic E-state index is -1.29. The highest BCUT2D eigenvalue weighted by molar-refractivity contribution is 7.84. The molecule has 1 aromatic heterocycles. The lowest BCUT2D eigenvalue weighted by molar-refractivity contribution is 0.0651. The van der Waals surface area contributed by atoms with Gasteiger partial charge in [-0.3, -0.25) is 9.00 Å². The van der Waals surface area contributed by atoms with Crippen LogP contribution in [0.3, 0.4) is 0 Å². The molecule has 0 aromatic carbocycles. The second kappa shape index (κ2) is 5.58. The van der Waals surface area contributed by atoms with Gasteiger partial charge in [0.1, 0.15) is 0 Å². The van der Waals surface area contributed by atoms with Crippen LogP contribution in [0.25, 0.3) is 0 Å². The minimum Gasteiger partial charge on any atom is -0.475 e. The zero-order chi connectivity index (χ0) is 13.0. The van der Waals surface area contributed by atoms with Gasteiger partial charge in [0.25, 0.3) is 5.91 Å². The zero-order valence-corrected chi connectivity index (χ0v) is 10.1. The highest BCUT2D eigenvalue weighted by Crippen LogP contribution is 2.03. The molecular weight excluding hydrogens is 248 g/mol. The number of hydrogen-bond donors (Lipinski definition) is 2. The summed E-state index contributed by atoms with van der Waals surface area (Å²) in [6.45, 7) is 1.94. The number of nitrogens with one attached hydrogen (secondary N) is 1. The van der Waals surface area contributed by atoms with Gasteiger partial charge in [0, 0.05) is 34.9 Å². The Morgan fingerprint density at radius 2 is 2.29 bits per heavy atom. The largest absolute Gasteiger partial charge is 0.475 e. The topological polar surface area (TPSA) is 110 Å². The molecule has 1 aromatic rings. The lowest BCUT2D eigenvalue weighted by Crippen LogP contribution is -2.32. The second-order valence-corrected chi connectivity index (χ2v) is 5.20. The summed E-state index contributed by atoms with van der Waals surface area (Å²) < 4.78 is 15.5. The quantitative estimate of drug-likeness (QED) is 0.763. The third-order valence-corrected chi connectivity index (χ3v) is 3.37. The van der Waals surface area contributed by atoms with Crippen LogP contribution in [-0.2, 0) is 10.8 Å². The van der Waals surface area contributed by atoms with E-state index in [1.54, 1.807) is 6.92 Å². The maximum Gasteiger partial charge on any atom is 0.374 e. The molecule has 1 amide bonds. The zero-order valence-electron chi connectivity index (χ0n) is 9.30. The maximum atomic E-state index is 11.5. The molecule has 7 nitrogen and oxygen atoms in total. The first kappa shape index (κ1) is 13.4. The predicted molar refractivity (Wildman–Crippen MR) is 59.3 cm³/mol. The van der Waals surface area contributed by atoms with E-state index in [1.165, 1.54) is 6.26 Å². The van der Waals surface area contributed by atoms with Gasteiger partial charge in [-0.15, -0.1) is 0 Å². The lowest BCUT2D eigenvalue weighted by Gasteiger charge is -2.08. The molecule has 1 rings (SSSR count). The molecular formula is C9H12N2O5S. The van der Waals surface area contributed by atoms with E-state index in [-0.39, 0.29) is 17.5 Å². The molecule has 0 aliphatic carbocycles. The summed E-state index contributed by atoms with van der Waals surface area (Å²) in [6, 6.07) is 1.03. The molecule has 2 atom stereocenters. The summed E-state index contributed by atoms with van der Waals surface area (Å²) in [7, 11) is -1.04. The number of aromatic carboxylic acids is 1. The Labute approximate surface area is 99.6 Å². The van der Waals surface area contributed by atoms with Crippen molar-refractivity contribution in [3.8, 4) is 0 Å². The fraction of sp³-hybridized carbons (Fsp3) is 0.444. The van der Waals surface area contributed by atoms with Gasteiger partial charge in [-0.2, -0.15) is 0 Å². The van der Waals surface area contributed by atoms with Crippen molar-refractivity contribution in [3.63, 3.8) is 0 Å². The second-order valence-electron chi connectivity index (χ2n) is 3.40. The third-order valence-electron chi connectivity index (χ3n) is 2.07. The number of carboxylic acids is 1. The van der Waals surface area contributed by atoms with Gasteiger partial charge in [0.15, 0.2) is 5.69 Å². The van der Waals surface area contributed by atoms with E-state index in [4.69, 9.17) is 5.11 Å². The van der Waals surface area contributed by atoms with Crippen LogP contribution in [0.5, 0.6) is 0 Å². The van der Waals surface area contributed by atoms with E-state index in [0.29, 0.717) is 0 Å². The molecule has 0 aliphatic heterocycles. The Bertz CT molecular complexity index is 456. The van der Waals surface area contributed by atoms with E-state index >= 15 is 0 Å². The molecule has 2 unspecified atom stereocenters. The van der Waals surface area contributed by atoms with E-state index in [2.05, 4.69) is 15.0 Å². The van der Waals surface area contributed by atoms with Crippen LogP contribution in [0.15, 0.2) is 10.6 Å². The van der Waals surface area contributed by atoms with E-state index in [0.717, 1.165) is 6.07 Å². The SMILES string of the molecule is CC(CNC(=O)c1cc(C(=O)O)on1)S(C)=O. The maximum absolute atomic E-state index is 11.5. The van der Waals surface area contributed by atoms with Crippen molar-refractivity contribution >= 4 is 22.7 Å². The number of rotatable bonds is 5.